The van der Waals surface area contributed by atoms with Crippen LogP contribution in [0.2, 0.25) is 0 Å². The standard InChI is InChI=1S/C49H29N3/c1-2-12-33(13-3-1)51-43-20-9-8-17-37(43)40-27-31(22-24-44(40)51)32-23-25-45-41(28-32)48-34-14-5-4-11-30(34)21-26-46(48)52(45)49-39-19-10-18-38-35-15-6-7-16-36(35)42(29-50-49)47(38)39/h1-29H. The van der Waals surface area contributed by atoms with Crippen LogP contribution in [0.1, 0.15) is 0 Å². The molecule has 3 heterocycles. The van der Waals surface area contributed by atoms with Crippen molar-refractivity contribution in [2.45, 2.75) is 0 Å². The van der Waals surface area contributed by atoms with Gasteiger partial charge in [-0.05, 0) is 87.1 Å². The van der Waals surface area contributed by atoms with E-state index in [1.165, 1.54) is 93.2 Å². The zero-order valence-electron chi connectivity index (χ0n) is 28.1. The molecule has 0 atom stereocenters. The Hall–Kier alpha value is -6.97. The van der Waals surface area contributed by atoms with Gasteiger partial charge in [-0.1, -0.05) is 121 Å². The Morgan fingerprint density at radius 2 is 0.962 bits per heavy atom. The van der Waals surface area contributed by atoms with Crippen LogP contribution in [0.25, 0.3) is 110 Å². The van der Waals surface area contributed by atoms with Crippen molar-refractivity contribution in [2.75, 3.05) is 0 Å². The minimum absolute atomic E-state index is 0.964. The number of rotatable bonds is 3. The minimum atomic E-state index is 0.964. The molecule has 0 bridgehead atoms. The highest BCUT2D eigenvalue weighted by Gasteiger charge is 2.25. The van der Waals surface area contributed by atoms with Gasteiger partial charge in [0.1, 0.15) is 5.82 Å². The van der Waals surface area contributed by atoms with Gasteiger partial charge >= 0.3 is 0 Å². The molecule has 0 aliphatic heterocycles. The Kier molecular flexibility index (Phi) is 5.50. The van der Waals surface area contributed by atoms with E-state index in [4.69, 9.17) is 4.98 Å². The summed E-state index contributed by atoms with van der Waals surface area (Å²) in [6, 6.07) is 62.0. The Labute approximate surface area is 299 Å². The number of hydrogen-bond donors (Lipinski definition) is 0. The molecule has 0 fully saturated rings. The number of benzene rings is 8. The highest BCUT2D eigenvalue weighted by molar-refractivity contribution is 6.23. The van der Waals surface area contributed by atoms with Crippen LogP contribution < -0.4 is 0 Å². The van der Waals surface area contributed by atoms with Crippen LogP contribution in [0.15, 0.2) is 176 Å². The first-order chi connectivity index (χ1) is 25.8. The number of hydrogen-bond acceptors (Lipinski definition) is 1. The topological polar surface area (TPSA) is 22.8 Å². The number of para-hydroxylation sites is 2. The van der Waals surface area contributed by atoms with Crippen LogP contribution in [0, 0.1) is 0 Å². The van der Waals surface area contributed by atoms with Crippen LogP contribution in [0.5, 0.6) is 0 Å². The number of aromatic nitrogens is 3. The molecule has 0 unspecified atom stereocenters. The molecule has 12 rings (SSSR count). The predicted molar refractivity (Wildman–Crippen MR) is 218 cm³/mol. The summed E-state index contributed by atoms with van der Waals surface area (Å²) in [4.78, 5) is 5.26. The minimum Gasteiger partial charge on any atom is -0.309 e. The molecule has 3 nitrogen and oxygen atoms in total. The molecule has 0 amide bonds. The van der Waals surface area contributed by atoms with Gasteiger partial charge < -0.3 is 4.57 Å². The maximum atomic E-state index is 5.26. The molecular formula is C49H29N3. The zero-order chi connectivity index (χ0) is 33.9. The van der Waals surface area contributed by atoms with Gasteiger partial charge in [-0.25, -0.2) is 4.98 Å². The summed E-state index contributed by atoms with van der Waals surface area (Å²) in [6.45, 7) is 0. The molecule has 0 N–H and O–H groups in total. The SMILES string of the molecule is c1ccc(-n2c3ccccc3c3cc(-c4ccc5c(c4)c4c6ccccc6ccc4n5-c4ncc5c6c(cccc46)-c4ccccc4-5)ccc32)cc1. The monoisotopic (exact) mass is 659 g/mol. The first-order valence-electron chi connectivity index (χ1n) is 17.9. The van der Waals surface area contributed by atoms with Gasteiger partial charge in [0.15, 0.2) is 0 Å². The van der Waals surface area contributed by atoms with Crippen molar-refractivity contribution in [3.8, 4) is 44.9 Å². The van der Waals surface area contributed by atoms with Crippen molar-refractivity contribution >= 4 is 65.2 Å². The molecule has 240 valence electrons. The lowest BCUT2D eigenvalue weighted by molar-refractivity contribution is 1.10. The maximum absolute atomic E-state index is 5.26. The highest BCUT2D eigenvalue weighted by Crippen LogP contribution is 2.49. The van der Waals surface area contributed by atoms with Gasteiger partial charge in [0.2, 0.25) is 0 Å². The summed E-state index contributed by atoms with van der Waals surface area (Å²) < 4.78 is 4.77. The third kappa shape index (κ3) is 3.66. The van der Waals surface area contributed by atoms with Crippen LogP contribution >= 0.6 is 0 Å². The molecule has 1 aliphatic carbocycles. The second kappa shape index (κ2) is 10.3. The fourth-order valence-corrected chi connectivity index (χ4v) is 9.05. The summed E-state index contributed by atoms with van der Waals surface area (Å²) in [7, 11) is 0. The van der Waals surface area contributed by atoms with E-state index >= 15 is 0 Å². The van der Waals surface area contributed by atoms with Crippen LogP contribution in [-0.2, 0) is 0 Å². The van der Waals surface area contributed by atoms with Crippen molar-refractivity contribution in [2.24, 2.45) is 0 Å². The molecule has 1 aliphatic rings. The summed E-state index contributed by atoms with van der Waals surface area (Å²) in [5.41, 5.74) is 13.3. The van der Waals surface area contributed by atoms with Gasteiger partial charge in [0.25, 0.3) is 0 Å². The summed E-state index contributed by atoms with van der Waals surface area (Å²) in [5, 5.41) is 9.93. The molecular weight excluding hydrogens is 631 g/mol. The first kappa shape index (κ1) is 27.8. The second-order valence-corrected chi connectivity index (χ2v) is 13.9. The Bertz CT molecular complexity index is 3260. The van der Waals surface area contributed by atoms with Gasteiger partial charge in [-0.15, -0.1) is 0 Å². The third-order valence-corrected chi connectivity index (χ3v) is 11.3. The van der Waals surface area contributed by atoms with Crippen molar-refractivity contribution in [1.82, 2.24) is 14.1 Å². The average Bonchev–Trinajstić information content (AvgIpc) is 3.85. The summed E-state index contributed by atoms with van der Waals surface area (Å²) in [6.07, 6.45) is 2.08. The molecule has 0 saturated carbocycles. The molecule has 11 aromatic rings. The van der Waals surface area contributed by atoms with Gasteiger partial charge in [-0.3, -0.25) is 4.57 Å². The van der Waals surface area contributed by atoms with E-state index in [-0.39, 0.29) is 0 Å². The molecule has 3 aromatic heterocycles. The Morgan fingerprint density at radius 3 is 1.81 bits per heavy atom. The zero-order valence-corrected chi connectivity index (χ0v) is 28.1. The van der Waals surface area contributed by atoms with Gasteiger partial charge in [-0.2, -0.15) is 0 Å². The Morgan fingerprint density at radius 1 is 0.346 bits per heavy atom. The predicted octanol–water partition coefficient (Wildman–Crippen LogP) is 12.9. The fraction of sp³-hybridized carbons (Fsp3) is 0. The summed E-state index contributed by atoms with van der Waals surface area (Å²) >= 11 is 0. The van der Waals surface area contributed by atoms with Crippen molar-refractivity contribution < 1.29 is 0 Å². The lowest BCUT2D eigenvalue weighted by Crippen LogP contribution is -1.99. The van der Waals surface area contributed by atoms with E-state index in [0.29, 0.717) is 0 Å². The smallest absolute Gasteiger partial charge is 0.145 e. The molecule has 8 aromatic carbocycles. The first-order valence-corrected chi connectivity index (χ1v) is 17.9. The Balaban J connectivity index is 1.13. The number of fused-ring (bicyclic) bond motifs is 11. The largest absolute Gasteiger partial charge is 0.309 e. The normalized spacial score (nSPS) is 12.2. The van der Waals surface area contributed by atoms with Crippen molar-refractivity contribution in [1.29, 1.82) is 0 Å². The molecule has 3 heteroatoms. The van der Waals surface area contributed by atoms with E-state index in [1.54, 1.807) is 0 Å². The van der Waals surface area contributed by atoms with E-state index in [2.05, 4.69) is 185 Å². The summed E-state index contributed by atoms with van der Waals surface area (Å²) in [5.74, 6) is 0.964. The van der Waals surface area contributed by atoms with E-state index in [1.807, 2.05) is 0 Å². The van der Waals surface area contributed by atoms with E-state index in [9.17, 15) is 0 Å². The number of pyridine rings is 1. The maximum Gasteiger partial charge on any atom is 0.145 e. The van der Waals surface area contributed by atoms with Crippen LogP contribution in [-0.4, -0.2) is 14.1 Å². The van der Waals surface area contributed by atoms with Gasteiger partial charge in [0.05, 0.1) is 22.1 Å². The molecule has 0 saturated heterocycles. The molecule has 0 spiro atoms. The van der Waals surface area contributed by atoms with Crippen molar-refractivity contribution in [3.05, 3.63) is 176 Å². The van der Waals surface area contributed by atoms with E-state index in [0.717, 1.165) is 16.9 Å². The number of nitrogens with zero attached hydrogens (tertiary/aromatic N) is 3. The fourth-order valence-electron chi connectivity index (χ4n) is 9.05. The third-order valence-electron chi connectivity index (χ3n) is 11.3. The van der Waals surface area contributed by atoms with Crippen LogP contribution in [0.4, 0.5) is 0 Å². The lowest BCUT2D eigenvalue weighted by Gasteiger charge is -2.12. The van der Waals surface area contributed by atoms with E-state index < -0.39 is 0 Å². The van der Waals surface area contributed by atoms with Gasteiger partial charge in [0, 0.05) is 49.8 Å². The van der Waals surface area contributed by atoms with Crippen molar-refractivity contribution in [3.63, 3.8) is 0 Å². The second-order valence-electron chi connectivity index (χ2n) is 13.9. The molecule has 52 heavy (non-hydrogen) atoms. The lowest BCUT2D eigenvalue weighted by atomic mass is 9.99. The quantitative estimate of drug-likeness (QED) is 0.185. The average molecular weight is 660 g/mol. The molecule has 0 radical (unpaired) electrons. The van der Waals surface area contributed by atoms with Crippen LogP contribution in [0.3, 0.4) is 0 Å². The highest BCUT2D eigenvalue weighted by atomic mass is 15.1.